The Morgan fingerprint density at radius 2 is 2.00 bits per heavy atom. The van der Waals surface area contributed by atoms with Gasteiger partial charge in [0.1, 0.15) is 0 Å². The number of rotatable bonds is 3. The average molecular weight is 147 g/mol. The quantitative estimate of drug-likeness (QED) is 0.558. The largest absolute Gasteiger partial charge is 0.382 e. The summed E-state index contributed by atoms with van der Waals surface area (Å²) < 4.78 is 8.70. The summed E-state index contributed by atoms with van der Waals surface area (Å²) >= 11 is 4.80. The lowest BCUT2D eigenvalue weighted by molar-refractivity contribution is 0.152. The SMILES string of the molecule is COCCOCl.Cl. The predicted octanol–water partition coefficient (Wildman–Crippen LogP) is 1.23. The second kappa shape index (κ2) is 9.71. The molecule has 4 heteroatoms. The minimum atomic E-state index is 0. The molecule has 0 aromatic heterocycles. The summed E-state index contributed by atoms with van der Waals surface area (Å²) in [6.45, 7) is 1.02. The molecular formula is C3H8Cl2O2. The van der Waals surface area contributed by atoms with Gasteiger partial charge in [0.2, 0.25) is 0 Å². The van der Waals surface area contributed by atoms with Crippen LogP contribution >= 0.6 is 24.3 Å². The first-order chi connectivity index (χ1) is 2.91. The van der Waals surface area contributed by atoms with Gasteiger partial charge < -0.3 is 4.74 Å². The van der Waals surface area contributed by atoms with Crippen LogP contribution in [0.4, 0.5) is 0 Å². The molecule has 2 nitrogen and oxygen atoms in total. The van der Waals surface area contributed by atoms with Crippen LogP contribution in [0.3, 0.4) is 0 Å². The lowest BCUT2D eigenvalue weighted by Gasteiger charge is -1.88. The monoisotopic (exact) mass is 146 g/mol. The molecule has 0 rings (SSSR count). The molecule has 7 heavy (non-hydrogen) atoms. The number of hydrogen-bond acceptors (Lipinski definition) is 2. The van der Waals surface area contributed by atoms with E-state index in [1.54, 1.807) is 7.11 Å². The van der Waals surface area contributed by atoms with Gasteiger partial charge >= 0.3 is 0 Å². The van der Waals surface area contributed by atoms with E-state index in [2.05, 4.69) is 9.03 Å². The third kappa shape index (κ3) is 10.7. The van der Waals surface area contributed by atoms with E-state index in [1.165, 1.54) is 0 Å². The van der Waals surface area contributed by atoms with E-state index >= 15 is 0 Å². The summed E-state index contributed by atoms with van der Waals surface area (Å²) in [6, 6.07) is 0. The molecule has 0 aliphatic heterocycles. The molecule has 0 amide bonds. The molecule has 0 N–H and O–H groups in total. The second-order valence-electron chi connectivity index (χ2n) is 0.806. The Labute approximate surface area is 54.3 Å². The topological polar surface area (TPSA) is 18.5 Å². The van der Waals surface area contributed by atoms with E-state index in [4.69, 9.17) is 11.9 Å². The van der Waals surface area contributed by atoms with Crippen molar-refractivity contribution < 1.29 is 9.03 Å². The van der Waals surface area contributed by atoms with Gasteiger partial charge in [0.25, 0.3) is 0 Å². The molecule has 0 spiro atoms. The molecule has 0 saturated carbocycles. The van der Waals surface area contributed by atoms with Gasteiger partial charge in [-0.3, -0.25) is 4.29 Å². The molecule has 0 aliphatic rings. The van der Waals surface area contributed by atoms with E-state index < -0.39 is 0 Å². The molecule has 0 aromatic carbocycles. The summed E-state index contributed by atoms with van der Waals surface area (Å²) in [7, 11) is 1.59. The molecule has 0 unspecified atom stereocenters. The van der Waals surface area contributed by atoms with Crippen LogP contribution in [0, 0.1) is 0 Å². The van der Waals surface area contributed by atoms with Crippen molar-refractivity contribution >= 4 is 24.3 Å². The molecule has 0 radical (unpaired) electrons. The van der Waals surface area contributed by atoms with E-state index in [0.717, 1.165) is 0 Å². The van der Waals surface area contributed by atoms with Crippen LogP contribution in [-0.4, -0.2) is 20.3 Å². The van der Waals surface area contributed by atoms with Crippen LogP contribution in [0.5, 0.6) is 0 Å². The predicted molar refractivity (Wildman–Crippen MR) is 30.9 cm³/mol. The first-order valence-electron chi connectivity index (χ1n) is 1.64. The van der Waals surface area contributed by atoms with E-state index in [0.29, 0.717) is 13.2 Å². The fourth-order valence-electron chi connectivity index (χ4n) is 0.115. The maximum absolute atomic E-state index is 4.80. The number of methoxy groups -OCH3 is 1. The fourth-order valence-corrected chi connectivity index (χ4v) is 0.178. The third-order valence-corrected chi connectivity index (χ3v) is 0.519. The second-order valence-corrected chi connectivity index (χ2v) is 1.02. The molecule has 0 fully saturated rings. The van der Waals surface area contributed by atoms with Gasteiger partial charge in [0.05, 0.1) is 25.1 Å². The number of hydrogen-bond donors (Lipinski definition) is 0. The van der Waals surface area contributed by atoms with Crippen molar-refractivity contribution in [3.63, 3.8) is 0 Å². The van der Waals surface area contributed by atoms with Gasteiger partial charge in [-0.25, -0.2) is 0 Å². The van der Waals surface area contributed by atoms with Gasteiger partial charge in [-0.05, 0) is 0 Å². The first-order valence-corrected chi connectivity index (χ1v) is 1.95. The number of halogens is 2. The zero-order valence-corrected chi connectivity index (χ0v) is 5.59. The van der Waals surface area contributed by atoms with Crippen LogP contribution in [0.1, 0.15) is 0 Å². The highest BCUT2D eigenvalue weighted by Gasteiger charge is 1.75. The molecule has 0 heterocycles. The Kier molecular flexibility index (Phi) is 14.5. The highest BCUT2D eigenvalue weighted by atomic mass is 35.5. The Morgan fingerprint density at radius 3 is 2.14 bits per heavy atom. The van der Waals surface area contributed by atoms with Crippen LogP contribution in [0.2, 0.25) is 0 Å². The summed E-state index contributed by atoms with van der Waals surface area (Å²) in [6.07, 6.45) is 0. The summed E-state index contributed by atoms with van der Waals surface area (Å²) in [4.78, 5) is 0. The van der Waals surface area contributed by atoms with Gasteiger partial charge in [-0.2, -0.15) is 0 Å². The highest BCUT2D eigenvalue weighted by molar-refractivity contribution is 6.07. The van der Waals surface area contributed by atoms with Crippen LogP contribution < -0.4 is 0 Å². The van der Waals surface area contributed by atoms with Crippen molar-refractivity contribution in [2.75, 3.05) is 20.3 Å². The number of ether oxygens (including phenoxy) is 1. The molecule has 0 aliphatic carbocycles. The Bertz CT molecular complexity index is 22.9. The van der Waals surface area contributed by atoms with Crippen LogP contribution in [0.25, 0.3) is 0 Å². The smallest absolute Gasteiger partial charge is 0.0916 e. The summed E-state index contributed by atoms with van der Waals surface area (Å²) in [5.74, 6) is 0. The molecule has 46 valence electrons. The lowest BCUT2D eigenvalue weighted by atomic mass is 10.8. The first kappa shape index (κ1) is 10.5. The van der Waals surface area contributed by atoms with Crippen LogP contribution in [0.15, 0.2) is 0 Å². The molecule has 0 aromatic rings. The Balaban J connectivity index is 0. The standard InChI is InChI=1S/C3H7ClO2.ClH/c1-5-2-3-6-4;/h2-3H2,1H3;1H. The van der Waals surface area contributed by atoms with E-state index in [1.807, 2.05) is 0 Å². The van der Waals surface area contributed by atoms with Crippen molar-refractivity contribution in [3.8, 4) is 0 Å². The average Bonchev–Trinajstić information content (AvgIpc) is 1.61. The van der Waals surface area contributed by atoms with Crippen molar-refractivity contribution in [1.29, 1.82) is 0 Å². The van der Waals surface area contributed by atoms with Gasteiger partial charge in [0.15, 0.2) is 0 Å². The van der Waals surface area contributed by atoms with Gasteiger partial charge in [-0.15, -0.1) is 12.4 Å². The maximum Gasteiger partial charge on any atom is 0.0916 e. The zero-order chi connectivity index (χ0) is 4.83. The van der Waals surface area contributed by atoms with Crippen molar-refractivity contribution in [2.24, 2.45) is 0 Å². The minimum Gasteiger partial charge on any atom is -0.382 e. The minimum absolute atomic E-state index is 0. The van der Waals surface area contributed by atoms with Crippen molar-refractivity contribution in [3.05, 3.63) is 0 Å². The lowest BCUT2D eigenvalue weighted by Crippen LogP contribution is -1.93. The normalized spacial score (nSPS) is 7.71. The maximum atomic E-state index is 4.80. The highest BCUT2D eigenvalue weighted by Crippen LogP contribution is 1.76. The fraction of sp³-hybridized carbons (Fsp3) is 1.00. The molecule has 0 atom stereocenters. The van der Waals surface area contributed by atoms with Crippen molar-refractivity contribution in [1.82, 2.24) is 0 Å². The van der Waals surface area contributed by atoms with Gasteiger partial charge in [0, 0.05) is 7.11 Å². The van der Waals surface area contributed by atoms with Crippen LogP contribution in [-0.2, 0) is 9.03 Å². The zero-order valence-electron chi connectivity index (χ0n) is 4.02. The summed E-state index contributed by atoms with van der Waals surface area (Å²) in [5.41, 5.74) is 0. The summed E-state index contributed by atoms with van der Waals surface area (Å²) in [5, 5.41) is 0. The molecule has 0 bridgehead atoms. The van der Waals surface area contributed by atoms with E-state index in [-0.39, 0.29) is 12.4 Å². The van der Waals surface area contributed by atoms with Crippen molar-refractivity contribution in [2.45, 2.75) is 0 Å². The third-order valence-electron chi connectivity index (χ3n) is 0.365. The van der Waals surface area contributed by atoms with E-state index in [9.17, 15) is 0 Å². The molecular weight excluding hydrogens is 139 g/mol. The Morgan fingerprint density at radius 1 is 1.43 bits per heavy atom. The Hall–Kier alpha value is 0.500. The molecule has 0 saturated heterocycles. The van der Waals surface area contributed by atoms with Gasteiger partial charge in [-0.1, -0.05) is 0 Å².